The molecule has 4 nitrogen and oxygen atoms in total. The van der Waals surface area contributed by atoms with Crippen molar-refractivity contribution in [3.63, 3.8) is 0 Å². The van der Waals surface area contributed by atoms with E-state index in [2.05, 4.69) is 6.92 Å². The van der Waals surface area contributed by atoms with Crippen molar-refractivity contribution in [1.82, 2.24) is 4.31 Å². The Bertz CT molecular complexity index is 603. The zero-order chi connectivity index (χ0) is 14.6. The minimum atomic E-state index is -3.57. The summed E-state index contributed by atoms with van der Waals surface area (Å²) >= 11 is 0. The first-order chi connectivity index (χ1) is 9.61. The first-order valence-corrected chi connectivity index (χ1v) is 8.56. The molecule has 0 spiro atoms. The fraction of sp³-hybridized carbons (Fsp3) is 0.533. The summed E-state index contributed by atoms with van der Waals surface area (Å²) in [7, 11) is -3.57. The molecule has 0 radical (unpaired) electrons. The summed E-state index contributed by atoms with van der Waals surface area (Å²) < 4.78 is 27.3. The van der Waals surface area contributed by atoms with Gasteiger partial charge in [-0.05, 0) is 31.4 Å². The highest BCUT2D eigenvalue weighted by Crippen LogP contribution is 2.29. The Morgan fingerprint density at radius 3 is 2.80 bits per heavy atom. The lowest BCUT2D eigenvalue weighted by Gasteiger charge is -2.34. The molecule has 1 aromatic rings. The Morgan fingerprint density at radius 1 is 1.35 bits per heavy atom. The number of hydrogen-bond donors (Lipinski definition) is 0. The second kappa shape index (κ2) is 6.38. The van der Waals surface area contributed by atoms with E-state index in [0.29, 0.717) is 6.54 Å². The molecule has 1 aliphatic heterocycles. The van der Waals surface area contributed by atoms with Crippen LogP contribution in [-0.2, 0) is 10.0 Å². The predicted octanol–water partition coefficient (Wildman–Crippen LogP) is 2.90. The highest BCUT2D eigenvalue weighted by molar-refractivity contribution is 7.89. The zero-order valence-corrected chi connectivity index (χ0v) is 12.6. The van der Waals surface area contributed by atoms with E-state index in [-0.39, 0.29) is 16.5 Å². The molecule has 1 saturated heterocycles. The Balaban J connectivity index is 2.40. The van der Waals surface area contributed by atoms with Gasteiger partial charge in [0.1, 0.15) is 6.07 Å². The lowest BCUT2D eigenvalue weighted by molar-refractivity contribution is 0.239. The van der Waals surface area contributed by atoms with Crippen LogP contribution >= 0.6 is 0 Å². The molecule has 0 aromatic heterocycles. The molecule has 0 bridgehead atoms. The summed E-state index contributed by atoms with van der Waals surface area (Å²) in [6.07, 6.45) is 4.75. The molecule has 2 rings (SSSR count). The second-order valence-electron chi connectivity index (χ2n) is 5.16. The van der Waals surface area contributed by atoms with Crippen LogP contribution in [0.1, 0.15) is 44.6 Å². The quantitative estimate of drug-likeness (QED) is 0.857. The maximum atomic E-state index is 12.8. The minimum Gasteiger partial charge on any atom is -0.207 e. The molecule has 1 fully saturated rings. The Labute approximate surface area is 121 Å². The van der Waals surface area contributed by atoms with Gasteiger partial charge in [-0.15, -0.1) is 0 Å². The van der Waals surface area contributed by atoms with Crippen LogP contribution in [0.15, 0.2) is 29.2 Å². The SMILES string of the molecule is CCCC1CCCCN1S(=O)(=O)c1ccccc1C#N. The molecule has 1 aliphatic rings. The molecule has 0 amide bonds. The standard InChI is InChI=1S/C15H20N2O2S/c1-2-7-14-9-5-6-11-17(14)20(18,19)15-10-4-3-8-13(15)12-16/h3-4,8,10,14H,2,5-7,9,11H2,1H3. The summed E-state index contributed by atoms with van der Waals surface area (Å²) in [5.74, 6) is 0. The van der Waals surface area contributed by atoms with Crippen LogP contribution in [0.3, 0.4) is 0 Å². The summed E-state index contributed by atoms with van der Waals surface area (Å²) in [6.45, 7) is 2.63. The maximum Gasteiger partial charge on any atom is 0.244 e. The third-order valence-corrected chi connectivity index (χ3v) is 5.80. The molecule has 1 atom stereocenters. The van der Waals surface area contributed by atoms with Crippen LogP contribution in [-0.4, -0.2) is 25.3 Å². The summed E-state index contributed by atoms with van der Waals surface area (Å²) in [5, 5.41) is 9.12. The topological polar surface area (TPSA) is 61.2 Å². The van der Waals surface area contributed by atoms with Crippen LogP contribution in [0.25, 0.3) is 0 Å². The third-order valence-electron chi connectivity index (χ3n) is 3.79. The van der Waals surface area contributed by atoms with Crippen molar-refractivity contribution in [1.29, 1.82) is 5.26 Å². The summed E-state index contributed by atoms with van der Waals surface area (Å²) in [6, 6.07) is 8.52. The van der Waals surface area contributed by atoms with Gasteiger partial charge in [-0.1, -0.05) is 31.9 Å². The molecular formula is C15H20N2O2S. The molecule has 20 heavy (non-hydrogen) atoms. The highest BCUT2D eigenvalue weighted by Gasteiger charge is 2.34. The normalized spacial score (nSPS) is 20.5. The Hall–Kier alpha value is -1.38. The number of piperidine rings is 1. The van der Waals surface area contributed by atoms with Crippen molar-refractivity contribution >= 4 is 10.0 Å². The number of nitriles is 1. The molecule has 1 heterocycles. The van der Waals surface area contributed by atoms with E-state index in [4.69, 9.17) is 5.26 Å². The number of benzene rings is 1. The fourth-order valence-corrected chi connectivity index (χ4v) is 4.69. The van der Waals surface area contributed by atoms with Crippen molar-refractivity contribution < 1.29 is 8.42 Å². The summed E-state index contributed by atoms with van der Waals surface area (Å²) in [4.78, 5) is 0.144. The van der Waals surface area contributed by atoms with Gasteiger partial charge in [-0.25, -0.2) is 8.42 Å². The van der Waals surface area contributed by atoms with E-state index in [1.165, 1.54) is 6.07 Å². The van der Waals surface area contributed by atoms with E-state index in [1.54, 1.807) is 22.5 Å². The monoisotopic (exact) mass is 292 g/mol. The second-order valence-corrected chi connectivity index (χ2v) is 7.02. The zero-order valence-electron chi connectivity index (χ0n) is 11.7. The van der Waals surface area contributed by atoms with Gasteiger partial charge in [0.25, 0.3) is 0 Å². The number of hydrogen-bond acceptors (Lipinski definition) is 3. The number of nitrogens with zero attached hydrogens (tertiary/aromatic N) is 2. The van der Waals surface area contributed by atoms with Crippen LogP contribution in [0.2, 0.25) is 0 Å². The first-order valence-electron chi connectivity index (χ1n) is 7.12. The molecular weight excluding hydrogens is 272 g/mol. The largest absolute Gasteiger partial charge is 0.244 e. The predicted molar refractivity (Wildman–Crippen MR) is 77.6 cm³/mol. The Morgan fingerprint density at radius 2 is 2.10 bits per heavy atom. The van der Waals surface area contributed by atoms with Gasteiger partial charge in [0.2, 0.25) is 10.0 Å². The van der Waals surface area contributed by atoms with Crippen molar-refractivity contribution in [2.45, 2.75) is 50.0 Å². The first kappa shape index (κ1) is 15.0. The minimum absolute atomic E-state index is 0.0745. The molecule has 1 aromatic carbocycles. The van der Waals surface area contributed by atoms with Crippen LogP contribution < -0.4 is 0 Å². The van der Waals surface area contributed by atoms with Gasteiger partial charge in [-0.2, -0.15) is 9.57 Å². The molecule has 0 N–H and O–H groups in total. The van der Waals surface area contributed by atoms with E-state index in [9.17, 15) is 8.42 Å². The summed E-state index contributed by atoms with van der Waals surface area (Å²) in [5.41, 5.74) is 0.230. The van der Waals surface area contributed by atoms with E-state index in [1.807, 2.05) is 6.07 Å². The lowest BCUT2D eigenvalue weighted by atomic mass is 10.0. The van der Waals surface area contributed by atoms with Gasteiger partial charge in [-0.3, -0.25) is 0 Å². The molecule has 0 aliphatic carbocycles. The smallest absolute Gasteiger partial charge is 0.207 e. The fourth-order valence-electron chi connectivity index (χ4n) is 2.82. The van der Waals surface area contributed by atoms with Gasteiger partial charge < -0.3 is 0 Å². The van der Waals surface area contributed by atoms with Crippen molar-refractivity contribution in [3.8, 4) is 6.07 Å². The third kappa shape index (κ3) is 2.87. The van der Waals surface area contributed by atoms with E-state index in [0.717, 1.165) is 32.1 Å². The van der Waals surface area contributed by atoms with Gasteiger partial charge >= 0.3 is 0 Å². The molecule has 5 heteroatoms. The van der Waals surface area contributed by atoms with E-state index >= 15 is 0 Å². The average Bonchev–Trinajstić information content (AvgIpc) is 2.48. The van der Waals surface area contributed by atoms with Crippen molar-refractivity contribution in [3.05, 3.63) is 29.8 Å². The van der Waals surface area contributed by atoms with Crippen molar-refractivity contribution in [2.24, 2.45) is 0 Å². The molecule has 108 valence electrons. The van der Waals surface area contributed by atoms with Gasteiger partial charge in [0.05, 0.1) is 10.5 Å². The number of sulfonamides is 1. The van der Waals surface area contributed by atoms with Crippen molar-refractivity contribution in [2.75, 3.05) is 6.54 Å². The average molecular weight is 292 g/mol. The van der Waals surface area contributed by atoms with Gasteiger partial charge in [0, 0.05) is 12.6 Å². The van der Waals surface area contributed by atoms with Crippen LogP contribution in [0, 0.1) is 11.3 Å². The van der Waals surface area contributed by atoms with E-state index < -0.39 is 10.0 Å². The number of rotatable bonds is 4. The van der Waals surface area contributed by atoms with Crippen LogP contribution in [0.4, 0.5) is 0 Å². The molecule has 0 saturated carbocycles. The molecule has 1 unspecified atom stereocenters. The maximum absolute atomic E-state index is 12.8. The highest BCUT2D eigenvalue weighted by atomic mass is 32.2. The van der Waals surface area contributed by atoms with Gasteiger partial charge in [0.15, 0.2) is 0 Å². The Kier molecular flexibility index (Phi) is 4.79. The van der Waals surface area contributed by atoms with Crippen LogP contribution in [0.5, 0.6) is 0 Å². The lowest BCUT2D eigenvalue weighted by Crippen LogP contribution is -2.43.